The van der Waals surface area contributed by atoms with Crippen LogP contribution in [-0.2, 0) is 26.2 Å². The van der Waals surface area contributed by atoms with Crippen molar-refractivity contribution >= 4 is 27.5 Å². The molecule has 2 amide bonds. The van der Waals surface area contributed by atoms with E-state index in [2.05, 4.69) is 5.32 Å². The Balaban J connectivity index is 1.56. The van der Waals surface area contributed by atoms with Gasteiger partial charge in [0, 0.05) is 19.5 Å². The summed E-state index contributed by atoms with van der Waals surface area (Å²) in [5, 5.41) is 7.81. The Hall–Kier alpha value is -2.91. The number of benzene rings is 2. The second-order valence-corrected chi connectivity index (χ2v) is 8.08. The molecule has 2 aromatic carbocycles. The minimum Gasteiger partial charge on any atom is -0.482 e. The summed E-state index contributed by atoms with van der Waals surface area (Å²) >= 11 is 0. The number of amides is 2. The van der Waals surface area contributed by atoms with Crippen molar-refractivity contribution in [1.29, 1.82) is 0 Å². The van der Waals surface area contributed by atoms with Gasteiger partial charge in [0.2, 0.25) is 15.9 Å². The molecule has 0 unspecified atom stereocenters. The van der Waals surface area contributed by atoms with E-state index in [0.29, 0.717) is 11.4 Å². The van der Waals surface area contributed by atoms with E-state index < -0.39 is 10.0 Å². The molecule has 0 saturated heterocycles. The predicted molar refractivity (Wildman–Crippen MR) is 103 cm³/mol. The Morgan fingerprint density at radius 2 is 1.93 bits per heavy atom. The van der Waals surface area contributed by atoms with Crippen LogP contribution in [0, 0.1) is 6.92 Å². The fourth-order valence-corrected chi connectivity index (χ4v) is 3.37. The van der Waals surface area contributed by atoms with Crippen LogP contribution in [0.4, 0.5) is 5.69 Å². The highest BCUT2D eigenvalue weighted by Gasteiger charge is 2.25. The summed E-state index contributed by atoms with van der Waals surface area (Å²) in [6, 6.07) is 11.5. The largest absolute Gasteiger partial charge is 0.482 e. The Bertz CT molecular complexity index is 1000. The average Bonchev–Trinajstić information content (AvgIpc) is 2.65. The third-order valence-corrected chi connectivity index (χ3v) is 5.29. The molecule has 0 fully saturated rings. The number of hydrogen-bond donors (Lipinski definition) is 2. The number of nitrogens with zero attached hydrogens (tertiary/aromatic N) is 1. The number of hydrogen-bond acceptors (Lipinski definition) is 5. The van der Waals surface area contributed by atoms with Gasteiger partial charge in [-0.1, -0.05) is 18.2 Å². The Morgan fingerprint density at radius 1 is 1.21 bits per heavy atom. The second-order valence-electron chi connectivity index (χ2n) is 6.52. The molecule has 9 heteroatoms. The van der Waals surface area contributed by atoms with Crippen LogP contribution in [0.3, 0.4) is 0 Å². The first-order chi connectivity index (χ1) is 13.2. The number of nitrogens with two attached hydrogens (primary N) is 1. The predicted octanol–water partition coefficient (Wildman–Crippen LogP) is 1.07. The van der Waals surface area contributed by atoms with E-state index in [9.17, 15) is 18.0 Å². The fourth-order valence-electron chi connectivity index (χ4n) is 2.86. The molecule has 0 aromatic heterocycles. The monoisotopic (exact) mass is 403 g/mol. The Labute approximate surface area is 163 Å². The maximum absolute atomic E-state index is 12.2. The van der Waals surface area contributed by atoms with Gasteiger partial charge in [0.05, 0.1) is 10.6 Å². The van der Waals surface area contributed by atoms with Gasteiger partial charge < -0.3 is 15.0 Å². The smallest absolute Gasteiger partial charge is 0.265 e. The minimum atomic E-state index is -3.74. The maximum Gasteiger partial charge on any atom is 0.265 e. The first-order valence-corrected chi connectivity index (χ1v) is 10.2. The highest BCUT2D eigenvalue weighted by Crippen LogP contribution is 2.32. The number of nitrogens with one attached hydrogen (secondary N) is 1. The van der Waals surface area contributed by atoms with Crippen LogP contribution in [0.1, 0.15) is 17.5 Å². The lowest BCUT2D eigenvalue weighted by Crippen LogP contribution is -2.41. The molecule has 0 bridgehead atoms. The molecule has 148 valence electrons. The molecule has 2 aromatic rings. The standard InChI is InChI=1S/C19H21N3O5S/c1-13-2-7-17-16(10-13)22(19(24)12-27-17)9-8-18(23)21-11-14-3-5-15(6-4-14)28(20,25)26/h2-7,10H,8-9,11-12H2,1H3,(H,21,23)(H2,20,25,26). The minimum absolute atomic E-state index is 0.0161. The Kier molecular flexibility index (Phi) is 5.66. The van der Waals surface area contributed by atoms with Gasteiger partial charge in [0.25, 0.3) is 5.91 Å². The summed E-state index contributed by atoms with van der Waals surface area (Å²) in [5.41, 5.74) is 2.40. The maximum atomic E-state index is 12.2. The van der Waals surface area contributed by atoms with Gasteiger partial charge in [-0.05, 0) is 42.3 Å². The van der Waals surface area contributed by atoms with Crippen molar-refractivity contribution in [3.05, 3.63) is 53.6 Å². The van der Waals surface area contributed by atoms with Crippen LogP contribution >= 0.6 is 0 Å². The first-order valence-electron chi connectivity index (χ1n) is 8.66. The molecule has 3 rings (SSSR count). The number of rotatable bonds is 6. The van der Waals surface area contributed by atoms with Gasteiger partial charge in [-0.25, -0.2) is 13.6 Å². The molecule has 0 saturated carbocycles. The lowest BCUT2D eigenvalue weighted by Gasteiger charge is -2.29. The van der Waals surface area contributed by atoms with Gasteiger partial charge in [0.1, 0.15) is 5.75 Å². The quantitative estimate of drug-likeness (QED) is 0.748. The van der Waals surface area contributed by atoms with E-state index in [1.165, 1.54) is 12.1 Å². The van der Waals surface area contributed by atoms with Crippen LogP contribution in [-0.4, -0.2) is 33.4 Å². The van der Waals surface area contributed by atoms with Crippen molar-refractivity contribution in [3.8, 4) is 5.75 Å². The topological polar surface area (TPSA) is 119 Å². The van der Waals surface area contributed by atoms with Crippen LogP contribution in [0.2, 0.25) is 0 Å². The van der Waals surface area contributed by atoms with Crippen LogP contribution in [0.25, 0.3) is 0 Å². The van der Waals surface area contributed by atoms with E-state index in [1.54, 1.807) is 17.0 Å². The normalized spacial score (nSPS) is 13.6. The summed E-state index contributed by atoms with van der Waals surface area (Å²) in [4.78, 5) is 25.9. The van der Waals surface area contributed by atoms with Gasteiger partial charge in [-0.3, -0.25) is 9.59 Å². The third-order valence-electron chi connectivity index (χ3n) is 4.36. The number of ether oxygens (including phenoxy) is 1. The number of sulfonamides is 1. The van der Waals surface area contributed by atoms with Crippen LogP contribution in [0.5, 0.6) is 5.75 Å². The third kappa shape index (κ3) is 4.68. The summed E-state index contributed by atoms with van der Waals surface area (Å²) in [5.74, 6) is 0.217. The van der Waals surface area contributed by atoms with E-state index in [0.717, 1.165) is 11.1 Å². The molecule has 0 atom stereocenters. The number of anilines is 1. The molecular formula is C19H21N3O5S. The van der Waals surface area contributed by atoms with Gasteiger partial charge in [-0.15, -0.1) is 0 Å². The van der Waals surface area contributed by atoms with E-state index in [-0.39, 0.29) is 42.8 Å². The number of fused-ring (bicyclic) bond motifs is 1. The zero-order valence-corrected chi connectivity index (χ0v) is 16.2. The van der Waals surface area contributed by atoms with Crippen LogP contribution < -0.4 is 20.1 Å². The number of aryl methyl sites for hydroxylation is 1. The van der Waals surface area contributed by atoms with Crippen molar-refractivity contribution in [2.24, 2.45) is 5.14 Å². The molecule has 28 heavy (non-hydrogen) atoms. The van der Waals surface area contributed by atoms with Gasteiger partial charge >= 0.3 is 0 Å². The number of carbonyl (C=O) groups excluding carboxylic acids is 2. The highest BCUT2D eigenvalue weighted by atomic mass is 32.2. The molecule has 8 nitrogen and oxygen atoms in total. The summed E-state index contributed by atoms with van der Waals surface area (Å²) in [6.45, 7) is 2.37. The number of carbonyl (C=O) groups is 2. The summed E-state index contributed by atoms with van der Waals surface area (Å²) in [7, 11) is -3.74. The van der Waals surface area contributed by atoms with Crippen molar-refractivity contribution in [1.82, 2.24) is 5.32 Å². The molecular weight excluding hydrogens is 382 g/mol. The summed E-state index contributed by atoms with van der Waals surface area (Å²) < 4.78 is 27.9. The zero-order chi connectivity index (χ0) is 20.3. The van der Waals surface area contributed by atoms with Crippen molar-refractivity contribution in [2.45, 2.75) is 24.8 Å². The highest BCUT2D eigenvalue weighted by molar-refractivity contribution is 7.89. The molecule has 0 aliphatic carbocycles. The van der Waals surface area contributed by atoms with E-state index in [1.807, 2.05) is 25.1 Å². The lowest BCUT2D eigenvalue weighted by atomic mass is 10.1. The van der Waals surface area contributed by atoms with Crippen LogP contribution in [0.15, 0.2) is 47.4 Å². The van der Waals surface area contributed by atoms with Gasteiger partial charge in [0.15, 0.2) is 6.61 Å². The second kappa shape index (κ2) is 7.99. The zero-order valence-electron chi connectivity index (χ0n) is 15.3. The average molecular weight is 403 g/mol. The molecule has 1 heterocycles. The molecule has 0 spiro atoms. The van der Waals surface area contributed by atoms with Gasteiger partial charge in [-0.2, -0.15) is 0 Å². The summed E-state index contributed by atoms with van der Waals surface area (Å²) in [6.07, 6.45) is 0.133. The fraction of sp³-hybridized carbons (Fsp3) is 0.263. The number of primary sulfonamides is 1. The van der Waals surface area contributed by atoms with E-state index >= 15 is 0 Å². The van der Waals surface area contributed by atoms with E-state index in [4.69, 9.17) is 9.88 Å². The Morgan fingerprint density at radius 3 is 2.61 bits per heavy atom. The van der Waals surface area contributed by atoms with Crippen molar-refractivity contribution in [3.63, 3.8) is 0 Å². The molecule has 1 aliphatic heterocycles. The molecule has 3 N–H and O–H groups in total. The van der Waals surface area contributed by atoms with Crippen molar-refractivity contribution < 1.29 is 22.7 Å². The molecule has 0 radical (unpaired) electrons. The SMILES string of the molecule is Cc1ccc2c(c1)N(CCC(=O)NCc1ccc(S(N)(=O)=O)cc1)C(=O)CO2. The first kappa shape index (κ1) is 19.8. The molecule has 1 aliphatic rings. The van der Waals surface area contributed by atoms with Crippen molar-refractivity contribution in [2.75, 3.05) is 18.1 Å². The lowest BCUT2D eigenvalue weighted by molar-refractivity contribution is -0.122.